The lowest BCUT2D eigenvalue weighted by Crippen LogP contribution is -2.27. The number of hydrogen-bond donors (Lipinski definition) is 2. The van der Waals surface area contributed by atoms with Crippen LogP contribution in [0.4, 0.5) is 48.5 Å². The number of nitrogens with zero attached hydrogens (tertiary/aromatic N) is 8. The van der Waals surface area contributed by atoms with Crippen molar-refractivity contribution in [2.24, 2.45) is 14.1 Å². The zero-order chi connectivity index (χ0) is 44.9. The first-order valence-corrected chi connectivity index (χ1v) is 21.6. The van der Waals surface area contributed by atoms with Crippen LogP contribution in [-0.2, 0) is 14.1 Å². The molecular formula is C42H36F6N10O4S2. The number of imidazole rings is 2. The van der Waals surface area contributed by atoms with Crippen molar-refractivity contribution in [1.82, 2.24) is 38.9 Å². The van der Waals surface area contributed by atoms with Crippen molar-refractivity contribution >= 4 is 99.1 Å². The second-order valence-electron chi connectivity index (χ2n) is 15.0. The molecule has 2 fully saturated rings. The molecule has 2 saturated heterocycles. The van der Waals surface area contributed by atoms with E-state index < -0.39 is 12.7 Å². The lowest BCUT2D eigenvalue weighted by Gasteiger charge is -2.14. The van der Waals surface area contributed by atoms with Gasteiger partial charge >= 0.3 is 12.7 Å². The van der Waals surface area contributed by atoms with Crippen LogP contribution in [0.15, 0.2) is 72.8 Å². The third-order valence-electron chi connectivity index (χ3n) is 10.7. The number of likely N-dealkylation sites (tertiary alicyclic amines) is 2. The van der Waals surface area contributed by atoms with Crippen molar-refractivity contribution in [2.75, 3.05) is 36.8 Å². The molecule has 64 heavy (non-hydrogen) atoms. The van der Waals surface area contributed by atoms with E-state index in [0.717, 1.165) is 62.9 Å². The predicted molar refractivity (Wildman–Crippen MR) is 231 cm³/mol. The molecule has 0 unspecified atom stereocenters. The molecule has 10 rings (SSSR count). The van der Waals surface area contributed by atoms with Crippen LogP contribution < -0.4 is 20.1 Å². The van der Waals surface area contributed by atoms with Gasteiger partial charge in [-0.2, -0.15) is 0 Å². The average Bonchev–Trinajstić information content (AvgIpc) is 4.11. The summed E-state index contributed by atoms with van der Waals surface area (Å²) in [7, 11) is 3.67. The molecule has 0 spiro atoms. The molecule has 14 nitrogen and oxygen atoms in total. The van der Waals surface area contributed by atoms with Gasteiger partial charge in [-0.05, 0) is 86.3 Å². The maximum atomic E-state index is 12.7. The molecule has 4 aromatic heterocycles. The predicted octanol–water partition coefficient (Wildman–Crippen LogP) is 10.1. The van der Waals surface area contributed by atoms with Crippen molar-refractivity contribution in [3.05, 3.63) is 83.9 Å². The van der Waals surface area contributed by atoms with Crippen molar-refractivity contribution in [2.45, 2.75) is 38.4 Å². The number of anilines is 4. The van der Waals surface area contributed by atoms with E-state index in [1.165, 1.54) is 59.1 Å². The summed E-state index contributed by atoms with van der Waals surface area (Å²) in [6.45, 7) is 3.11. The molecule has 0 bridgehead atoms. The summed E-state index contributed by atoms with van der Waals surface area (Å²) in [5.41, 5.74) is 5.31. The molecule has 22 heteroatoms. The first-order valence-electron chi connectivity index (χ1n) is 19.9. The Hall–Kier alpha value is -6.68. The number of thiazole rings is 2. The molecule has 2 aliphatic heterocycles. The lowest BCUT2D eigenvalue weighted by atomic mass is 10.2. The summed E-state index contributed by atoms with van der Waals surface area (Å²) in [6.07, 6.45) is -5.40. The summed E-state index contributed by atoms with van der Waals surface area (Å²) in [5.74, 6) is 0.449. The van der Waals surface area contributed by atoms with Gasteiger partial charge in [0.1, 0.15) is 11.5 Å². The number of aryl methyl sites for hydroxylation is 2. The number of amides is 2. The van der Waals surface area contributed by atoms with E-state index in [4.69, 9.17) is 0 Å². The number of rotatable bonds is 8. The van der Waals surface area contributed by atoms with Gasteiger partial charge in [-0.3, -0.25) is 9.59 Å². The van der Waals surface area contributed by atoms with Crippen LogP contribution in [0.3, 0.4) is 0 Å². The highest BCUT2D eigenvalue weighted by Crippen LogP contribution is 2.35. The van der Waals surface area contributed by atoms with Gasteiger partial charge in [0.25, 0.3) is 11.8 Å². The maximum Gasteiger partial charge on any atom is 0.573 e. The van der Waals surface area contributed by atoms with E-state index in [2.05, 4.69) is 40.0 Å². The van der Waals surface area contributed by atoms with E-state index in [0.29, 0.717) is 64.8 Å². The molecule has 6 heterocycles. The minimum atomic E-state index is -4.75. The largest absolute Gasteiger partial charge is 0.573 e. The van der Waals surface area contributed by atoms with E-state index in [9.17, 15) is 35.9 Å². The Labute approximate surface area is 367 Å². The SMILES string of the molecule is Cn1c(Nc2nc3ccc(OC(F)(F)F)cc3s2)nc2cc(C(=O)N3CCCC3)ccc21.Cn1c(Nc2nc3ccc(OC(F)(F)F)cc3s2)nc2cc(C(=O)N3CCCC3)ccc21. The number of nitrogens with one attached hydrogen (secondary N) is 2. The minimum Gasteiger partial charge on any atom is -0.406 e. The lowest BCUT2D eigenvalue weighted by molar-refractivity contribution is -0.275. The molecule has 2 N–H and O–H groups in total. The number of hydrogen-bond acceptors (Lipinski definition) is 12. The van der Waals surface area contributed by atoms with Gasteiger partial charge in [-0.1, -0.05) is 22.7 Å². The van der Waals surface area contributed by atoms with Crippen LogP contribution >= 0.6 is 22.7 Å². The highest BCUT2D eigenvalue weighted by atomic mass is 32.1. The zero-order valence-electron chi connectivity index (χ0n) is 33.9. The highest BCUT2D eigenvalue weighted by molar-refractivity contribution is 7.22. The van der Waals surface area contributed by atoms with Crippen LogP contribution in [0.5, 0.6) is 11.5 Å². The Morgan fingerprint density at radius 2 is 0.938 bits per heavy atom. The van der Waals surface area contributed by atoms with Crippen LogP contribution in [0, 0.1) is 0 Å². The minimum absolute atomic E-state index is 0.00705. The summed E-state index contributed by atoms with van der Waals surface area (Å²) in [5, 5.41) is 7.21. The standard InChI is InChI=1S/2C21H18F3N5O2S/c2*1-28-16-7-4-12(18(30)29-8-2-3-9-29)10-15(16)25-19(28)27-20-26-14-6-5-13(11-17(14)32-20)31-21(22,23)24/h2*4-7,10-11H,2-3,8-9H2,1H3,(H,25,26,27). The second kappa shape index (κ2) is 16.8. The first kappa shape index (κ1) is 42.6. The second-order valence-corrected chi connectivity index (χ2v) is 17.1. The van der Waals surface area contributed by atoms with Crippen molar-refractivity contribution in [3.63, 3.8) is 0 Å². The van der Waals surface area contributed by atoms with Gasteiger partial charge in [0.2, 0.25) is 11.9 Å². The monoisotopic (exact) mass is 922 g/mol. The van der Waals surface area contributed by atoms with Crippen molar-refractivity contribution < 1.29 is 45.4 Å². The summed E-state index contributed by atoms with van der Waals surface area (Å²) >= 11 is 2.38. The van der Waals surface area contributed by atoms with Crippen molar-refractivity contribution in [3.8, 4) is 11.5 Å². The third-order valence-corrected chi connectivity index (χ3v) is 12.5. The molecule has 8 aromatic rings. The van der Waals surface area contributed by atoms with E-state index in [1.807, 2.05) is 45.2 Å². The van der Waals surface area contributed by atoms with Crippen LogP contribution in [0.25, 0.3) is 42.5 Å². The Morgan fingerprint density at radius 1 is 0.547 bits per heavy atom. The van der Waals surface area contributed by atoms with Gasteiger partial charge in [0.05, 0.1) is 42.5 Å². The molecule has 0 radical (unpaired) electrons. The summed E-state index contributed by atoms with van der Waals surface area (Å²) in [6, 6.07) is 18.9. The molecule has 2 amide bonds. The summed E-state index contributed by atoms with van der Waals surface area (Å²) < 4.78 is 87.5. The third kappa shape index (κ3) is 9.18. The smallest absolute Gasteiger partial charge is 0.406 e. The number of aromatic nitrogens is 6. The maximum absolute atomic E-state index is 12.7. The van der Waals surface area contributed by atoms with Crippen molar-refractivity contribution in [1.29, 1.82) is 0 Å². The fraction of sp³-hybridized carbons (Fsp3) is 0.286. The molecule has 4 aromatic carbocycles. The molecule has 0 atom stereocenters. The Morgan fingerprint density at radius 3 is 1.31 bits per heavy atom. The van der Waals surface area contributed by atoms with Gasteiger partial charge in [0, 0.05) is 63.5 Å². The van der Waals surface area contributed by atoms with Crippen LogP contribution in [-0.4, -0.2) is 89.6 Å². The zero-order valence-corrected chi connectivity index (χ0v) is 35.5. The van der Waals surface area contributed by atoms with E-state index >= 15 is 0 Å². The normalized spacial score (nSPS) is 14.4. The highest BCUT2D eigenvalue weighted by Gasteiger charge is 2.32. The van der Waals surface area contributed by atoms with Crippen LogP contribution in [0.1, 0.15) is 46.4 Å². The van der Waals surface area contributed by atoms with Gasteiger partial charge in [0.15, 0.2) is 10.3 Å². The van der Waals surface area contributed by atoms with Gasteiger partial charge < -0.3 is 39.0 Å². The molecule has 2 aliphatic rings. The quantitative estimate of drug-likeness (QED) is 0.141. The number of ether oxygens (including phenoxy) is 2. The fourth-order valence-corrected chi connectivity index (χ4v) is 9.37. The fourth-order valence-electron chi connectivity index (χ4n) is 7.60. The Kier molecular flexibility index (Phi) is 11.2. The van der Waals surface area contributed by atoms with E-state index in [-0.39, 0.29) is 23.3 Å². The average molecular weight is 923 g/mol. The number of halogens is 6. The molecular weight excluding hydrogens is 887 g/mol. The molecule has 332 valence electrons. The number of carbonyl (C=O) groups excluding carboxylic acids is 2. The first-order chi connectivity index (χ1) is 30.5. The summed E-state index contributed by atoms with van der Waals surface area (Å²) in [4.78, 5) is 47.0. The van der Waals surface area contributed by atoms with E-state index in [1.54, 1.807) is 24.3 Å². The van der Waals surface area contributed by atoms with Gasteiger partial charge in [-0.25, -0.2) is 19.9 Å². The van der Waals surface area contributed by atoms with Gasteiger partial charge in [-0.15, -0.1) is 26.3 Å². The number of fused-ring (bicyclic) bond motifs is 4. The number of carbonyl (C=O) groups is 2. The molecule has 0 saturated carbocycles. The van der Waals surface area contributed by atoms with Crippen LogP contribution in [0.2, 0.25) is 0 Å². The topological polar surface area (TPSA) is 145 Å². The number of benzene rings is 4. The number of alkyl halides is 6. The Bertz CT molecular complexity index is 2850. The molecule has 0 aliphatic carbocycles. The Balaban J connectivity index is 0.000000162.